The van der Waals surface area contributed by atoms with Crippen LogP contribution >= 0.6 is 0 Å². The number of carbonyl (C=O) groups excluding carboxylic acids is 2. The number of aliphatic carboxylic acids is 1. The van der Waals surface area contributed by atoms with E-state index in [1.807, 2.05) is 12.2 Å². The molecular weight excluding hydrogens is 270 g/mol. The molecule has 2 aliphatic carbocycles. The van der Waals surface area contributed by atoms with E-state index in [9.17, 15) is 14.7 Å². The van der Waals surface area contributed by atoms with Gasteiger partial charge < -0.3 is 20.0 Å². The summed E-state index contributed by atoms with van der Waals surface area (Å²) in [5.74, 6) is -2.31. The minimum Gasteiger partial charge on any atom is -0.550 e. The van der Waals surface area contributed by atoms with Gasteiger partial charge in [0.15, 0.2) is 0 Å². The fourth-order valence-corrected chi connectivity index (χ4v) is 3.46. The van der Waals surface area contributed by atoms with E-state index in [1.54, 1.807) is 24.3 Å². The van der Waals surface area contributed by atoms with Gasteiger partial charge in [-0.25, -0.2) is 0 Å². The summed E-state index contributed by atoms with van der Waals surface area (Å²) in [6.07, 6.45) is 4.54. The summed E-state index contributed by atoms with van der Waals surface area (Å²) in [5, 5.41) is 14.1. The molecule has 2 aliphatic rings. The molecule has 0 aliphatic heterocycles. The molecule has 5 heteroatoms. The standard InChI is InChI=1S/C16H17NO4/c1-21-12-5-3-2-4-11(12)17-15(18)13-9-6-7-10(8-9)14(13)16(19)20/h2-7,9-10,13-14H,8H2,1H3,(H,17,18)(H,19,20)/p-1/t9-,10-,13+,14-/m0/s1. The number of anilines is 1. The van der Waals surface area contributed by atoms with Crippen molar-refractivity contribution in [2.24, 2.45) is 23.7 Å². The van der Waals surface area contributed by atoms with Crippen LogP contribution in [-0.4, -0.2) is 19.0 Å². The lowest BCUT2D eigenvalue weighted by atomic mass is 9.82. The first-order valence-electron chi connectivity index (χ1n) is 6.95. The van der Waals surface area contributed by atoms with E-state index in [0.29, 0.717) is 17.9 Å². The number of fused-ring (bicyclic) bond motifs is 2. The van der Waals surface area contributed by atoms with E-state index in [0.717, 1.165) is 0 Å². The minimum atomic E-state index is -1.15. The molecule has 1 N–H and O–H groups in total. The smallest absolute Gasteiger partial charge is 0.228 e. The molecule has 1 amide bonds. The lowest BCUT2D eigenvalue weighted by Crippen LogP contribution is -2.42. The number of benzene rings is 1. The largest absolute Gasteiger partial charge is 0.550 e. The van der Waals surface area contributed by atoms with E-state index >= 15 is 0 Å². The Morgan fingerprint density at radius 2 is 1.86 bits per heavy atom. The molecule has 1 aromatic carbocycles. The molecule has 1 aromatic rings. The van der Waals surface area contributed by atoms with Crippen LogP contribution in [0.4, 0.5) is 5.69 Å². The third kappa shape index (κ3) is 2.28. The number of amides is 1. The first-order chi connectivity index (χ1) is 10.1. The zero-order valence-electron chi connectivity index (χ0n) is 11.6. The Morgan fingerprint density at radius 1 is 1.19 bits per heavy atom. The average Bonchev–Trinajstić information content (AvgIpc) is 3.08. The second-order valence-corrected chi connectivity index (χ2v) is 5.51. The maximum atomic E-state index is 12.5. The van der Waals surface area contributed by atoms with Crippen molar-refractivity contribution in [1.82, 2.24) is 0 Å². The molecule has 5 nitrogen and oxygen atoms in total. The lowest BCUT2D eigenvalue weighted by Gasteiger charge is -2.28. The quantitative estimate of drug-likeness (QED) is 0.831. The molecule has 0 heterocycles. The maximum absolute atomic E-state index is 12.5. The Morgan fingerprint density at radius 3 is 2.52 bits per heavy atom. The fourth-order valence-electron chi connectivity index (χ4n) is 3.46. The van der Waals surface area contributed by atoms with Crippen LogP contribution in [0.15, 0.2) is 36.4 Å². The number of rotatable bonds is 4. The van der Waals surface area contributed by atoms with Crippen LogP contribution in [0, 0.1) is 23.7 Å². The molecular formula is C16H16NO4-. The molecule has 0 unspecified atom stereocenters. The molecule has 1 fully saturated rings. The van der Waals surface area contributed by atoms with Gasteiger partial charge in [-0.2, -0.15) is 0 Å². The molecule has 0 aromatic heterocycles. The summed E-state index contributed by atoms with van der Waals surface area (Å²) in [4.78, 5) is 23.8. The Balaban J connectivity index is 1.82. The van der Waals surface area contributed by atoms with Crippen molar-refractivity contribution in [3.05, 3.63) is 36.4 Å². The van der Waals surface area contributed by atoms with Gasteiger partial charge in [0.25, 0.3) is 0 Å². The van der Waals surface area contributed by atoms with Crippen LogP contribution in [0.2, 0.25) is 0 Å². The number of carboxylic acids is 1. The highest BCUT2D eigenvalue weighted by Crippen LogP contribution is 2.48. The molecule has 21 heavy (non-hydrogen) atoms. The molecule has 3 rings (SSSR count). The maximum Gasteiger partial charge on any atom is 0.228 e. The fraction of sp³-hybridized carbons (Fsp3) is 0.375. The highest BCUT2D eigenvalue weighted by atomic mass is 16.5. The number of nitrogens with one attached hydrogen (secondary N) is 1. The molecule has 2 bridgehead atoms. The average molecular weight is 286 g/mol. The Kier molecular flexibility index (Phi) is 3.41. The van der Waals surface area contributed by atoms with Crippen LogP contribution in [0.5, 0.6) is 5.75 Å². The monoisotopic (exact) mass is 286 g/mol. The number of hydrogen-bond donors (Lipinski definition) is 1. The second kappa shape index (κ2) is 5.24. The molecule has 110 valence electrons. The van der Waals surface area contributed by atoms with Crippen LogP contribution in [0.1, 0.15) is 6.42 Å². The summed E-state index contributed by atoms with van der Waals surface area (Å²) in [5.41, 5.74) is 0.550. The number of hydrogen-bond acceptors (Lipinski definition) is 4. The number of carboxylic acid groups (broad SMARTS) is 1. The van der Waals surface area contributed by atoms with Crippen molar-refractivity contribution >= 4 is 17.6 Å². The highest BCUT2D eigenvalue weighted by Gasteiger charge is 2.48. The van der Waals surface area contributed by atoms with Gasteiger partial charge in [0.05, 0.1) is 18.7 Å². The normalized spacial score (nSPS) is 29.4. The van der Waals surface area contributed by atoms with Gasteiger partial charge in [-0.3, -0.25) is 4.79 Å². The summed E-state index contributed by atoms with van der Waals surface area (Å²) >= 11 is 0. The van der Waals surface area contributed by atoms with Gasteiger partial charge in [0.2, 0.25) is 5.91 Å². The summed E-state index contributed by atoms with van der Waals surface area (Å²) in [7, 11) is 1.52. The molecule has 1 saturated carbocycles. The Bertz CT molecular complexity index is 610. The predicted octanol–water partition coefficient (Wildman–Crippen LogP) is 0.822. The molecule has 0 saturated heterocycles. The van der Waals surface area contributed by atoms with Gasteiger partial charge in [-0.1, -0.05) is 24.3 Å². The van der Waals surface area contributed by atoms with Gasteiger partial charge in [-0.15, -0.1) is 0 Å². The second-order valence-electron chi connectivity index (χ2n) is 5.51. The lowest BCUT2D eigenvalue weighted by molar-refractivity contribution is -0.313. The van der Waals surface area contributed by atoms with Crippen molar-refractivity contribution in [3.63, 3.8) is 0 Å². The van der Waals surface area contributed by atoms with Crippen molar-refractivity contribution in [1.29, 1.82) is 0 Å². The van der Waals surface area contributed by atoms with Crippen LogP contribution < -0.4 is 15.2 Å². The van der Waals surface area contributed by atoms with Crippen LogP contribution in [-0.2, 0) is 9.59 Å². The summed E-state index contributed by atoms with van der Waals surface area (Å²) in [6, 6.07) is 7.06. The van der Waals surface area contributed by atoms with E-state index < -0.39 is 17.8 Å². The SMILES string of the molecule is COc1ccccc1NC(=O)[C@H]1[C@@H](C(=O)[O-])[C@H]2C=C[C@H]1C2. The zero-order valence-corrected chi connectivity index (χ0v) is 11.6. The van der Waals surface area contributed by atoms with E-state index in [1.165, 1.54) is 7.11 Å². The number of para-hydroxylation sites is 2. The number of methoxy groups -OCH3 is 1. The van der Waals surface area contributed by atoms with Crippen molar-refractivity contribution in [3.8, 4) is 5.75 Å². The van der Waals surface area contributed by atoms with Crippen LogP contribution in [0.3, 0.4) is 0 Å². The number of carbonyl (C=O) groups is 2. The first-order valence-corrected chi connectivity index (χ1v) is 6.95. The van der Waals surface area contributed by atoms with Gasteiger partial charge in [0, 0.05) is 11.9 Å². The molecule has 4 atom stereocenters. The number of ether oxygens (including phenoxy) is 1. The van der Waals surface area contributed by atoms with Crippen LogP contribution in [0.25, 0.3) is 0 Å². The number of allylic oxidation sites excluding steroid dienone is 2. The van der Waals surface area contributed by atoms with E-state index in [2.05, 4.69) is 5.32 Å². The van der Waals surface area contributed by atoms with Gasteiger partial charge >= 0.3 is 0 Å². The van der Waals surface area contributed by atoms with Crippen molar-refractivity contribution < 1.29 is 19.4 Å². The zero-order chi connectivity index (χ0) is 15.0. The summed E-state index contributed by atoms with van der Waals surface area (Å²) < 4.78 is 5.19. The topological polar surface area (TPSA) is 78.5 Å². The molecule has 0 spiro atoms. The molecule has 0 radical (unpaired) electrons. The van der Waals surface area contributed by atoms with Crippen molar-refractivity contribution in [2.75, 3.05) is 12.4 Å². The van der Waals surface area contributed by atoms with E-state index in [-0.39, 0.29) is 17.7 Å². The third-order valence-corrected chi connectivity index (χ3v) is 4.40. The minimum absolute atomic E-state index is 0.0207. The predicted molar refractivity (Wildman–Crippen MR) is 74.3 cm³/mol. The Hall–Kier alpha value is -2.30. The van der Waals surface area contributed by atoms with Gasteiger partial charge in [0.1, 0.15) is 5.75 Å². The summed E-state index contributed by atoms with van der Waals surface area (Å²) in [6.45, 7) is 0. The first kappa shape index (κ1) is 13.7. The van der Waals surface area contributed by atoms with Crippen molar-refractivity contribution in [2.45, 2.75) is 6.42 Å². The van der Waals surface area contributed by atoms with E-state index in [4.69, 9.17) is 4.74 Å². The third-order valence-electron chi connectivity index (χ3n) is 4.40. The Labute approximate surface area is 122 Å². The highest BCUT2D eigenvalue weighted by molar-refractivity contribution is 5.97. The van der Waals surface area contributed by atoms with Gasteiger partial charge in [-0.05, 0) is 30.4 Å².